The second-order valence-corrected chi connectivity index (χ2v) is 7.02. The van der Waals surface area contributed by atoms with E-state index in [1.807, 2.05) is 0 Å². The predicted molar refractivity (Wildman–Crippen MR) is 78.9 cm³/mol. The molecule has 118 valence electrons. The van der Waals surface area contributed by atoms with Crippen LogP contribution in [0.3, 0.4) is 0 Å². The van der Waals surface area contributed by atoms with Gasteiger partial charge in [-0.25, -0.2) is 8.42 Å². The number of nitrogens with one attached hydrogen (secondary N) is 2. The Labute approximate surface area is 121 Å². The van der Waals surface area contributed by atoms with Crippen LogP contribution in [0.2, 0.25) is 0 Å². The Morgan fingerprint density at radius 2 is 2.20 bits per heavy atom. The first-order valence-electron chi connectivity index (χ1n) is 6.83. The van der Waals surface area contributed by atoms with Gasteiger partial charge < -0.3 is 20.1 Å². The minimum Gasteiger partial charge on any atom is -0.379 e. The molecule has 1 heterocycles. The molecule has 0 aromatic carbocycles. The van der Waals surface area contributed by atoms with Gasteiger partial charge in [-0.3, -0.25) is 4.99 Å². The molecule has 20 heavy (non-hydrogen) atoms. The monoisotopic (exact) mass is 307 g/mol. The van der Waals surface area contributed by atoms with Gasteiger partial charge in [0.15, 0.2) is 5.96 Å². The van der Waals surface area contributed by atoms with Gasteiger partial charge in [-0.1, -0.05) is 0 Å². The van der Waals surface area contributed by atoms with Crippen LogP contribution in [-0.4, -0.2) is 72.4 Å². The normalized spacial score (nSPS) is 20.1. The van der Waals surface area contributed by atoms with Crippen molar-refractivity contribution < 1.29 is 17.9 Å². The molecule has 1 atom stereocenters. The van der Waals surface area contributed by atoms with Crippen molar-refractivity contribution >= 4 is 15.8 Å². The van der Waals surface area contributed by atoms with Crippen molar-refractivity contribution in [2.24, 2.45) is 4.99 Å². The highest BCUT2D eigenvalue weighted by molar-refractivity contribution is 7.90. The fraction of sp³-hybridized carbons (Fsp3) is 0.917. The van der Waals surface area contributed by atoms with E-state index in [9.17, 15) is 8.42 Å². The Balaban J connectivity index is 2.03. The highest BCUT2D eigenvalue weighted by Gasteiger charge is 2.15. The van der Waals surface area contributed by atoms with Crippen molar-refractivity contribution in [2.75, 3.05) is 52.0 Å². The molecular formula is C12H25N3O4S. The van der Waals surface area contributed by atoms with Crippen LogP contribution in [0.25, 0.3) is 0 Å². The number of hydrogen-bond acceptors (Lipinski definition) is 5. The first kappa shape index (κ1) is 17.2. The van der Waals surface area contributed by atoms with E-state index in [2.05, 4.69) is 15.6 Å². The van der Waals surface area contributed by atoms with Crippen LogP contribution in [0.4, 0.5) is 0 Å². The zero-order valence-corrected chi connectivity index (χ0v) is 13.0. The Bertz CT molecular complexity index is 392. The van der Waals surface area contributed by atoms with E-state index in [0.717, 1.165) is 26.0 Å². The van der Waals surface area contributed by atoms with E-state index in [1.54, 1.807) is 7.05 Å². The quantitative estimate of drug-likeness (QED) is 0.353. The Morgan fingerprint density at radius 3 is 2.80 bits per heavy atom. The van der Waals surface area contributed by atoms with Crippen LogP contribution >= 0.6 is 0 Å². The van der Waals surface area contributed by atoms with Gasteiger partial charge in [-0.15, -0.1) is 0 Å². The fourth-order valence-electron chi connectivity index (χ4n) is 1.79. The van der Waals surface area contributed by atoms with E-state index in [1.165, 1.54) is 6.26 Å². The fourth-order valence-corrected chi connectivity index (χ4v) is 2.21. The molecule has 0 amide bonds. The second-order valence-electron chi connectivity index (χ2n) is 4.76. The smallest absolute Gasteiger partial charge is 0.191 e. The lowest BCUT2D eigenvalue weighted by molar-refractivity contribution is 0.113. The van der Waals surface area contributed by atoms with Gasteiger partial charge in [0, 0.05) is 33.0 Å². The molecule has 2 N–H and O–H groups in total. The molecule has 1 fully saturated rings. The SMILES string of the molecule is CN=C(NCCOCCS(C)(=O)=O)NCC1CCCO1. The van der Waals surface area contributed by atoms with Crippen molar-refractivity contribution in [3.8, 4) is 0 Å². The number of ether oxygens (including phenoxy) is 2. The standard InChI is InChI=1S/C12H25N3O4S/c1-13-12(15-10-11-4-3-6-19-11)14-5-7-18-8-9-20(2,16)17/h11H,3-10H2,1-2H3,(H2,13,14,15). The summed E-state index contributed by atoms with van der Waals surface area (Å²) in [6.45, 7) is 2.83. The lowest BCUT2D eigenvalue weighted by atomic mass is 10.2. The average Bonchev–Trinajstić information content (AvgIpc) is 2.89. The maximum atomic E-state index is 10.9. The Kier molecular flexibility index (Phi) is 7.86. The number of guanidine groups is 1. The Morgan fingerprint density at radius 1 is 1.40 bits per heavy atom. The minimum atomic E-state index is -2.95. The first-order chi connectivity index (χ1) is 9.51. The lowest BCUT2D eigenvalue weighted by Crippen LogP contribution is -2.42. The molecule has 0 bridgehead atoms. The molecule has 1 aliphatic heterocycles. The third-order valence-corrected chi connectivity index (χ3v) is 3.79. The van der Waals surface area contributed by atoms with Gasteiger partial charge in [-0.05, 0) is 12.8 Å². The topological polar surface area (TPSA) is 89.0 Å². The van der Waals surface area contributed by atoms with Crippen molar-refractivity contribution in [3.63, 3.8) is 0 Å². The van der Waals surface area contributed by atoms with Crippen molar-refractivity contribution in [1.29, 1.82) is 0 Å². The Hall–Kier alpha value is -0.860. The summed E-state index contributed by atoms with van der Waals surface area (Å²) < 4.78 is 32.5. The summed E-state index contributed by atoms with van der Waals surface area (Å²) in [6.07, 6.45) is 3.66. The number of rotatable bonds is 8. The second kappa shape index (κ2) is 9.15. The van der Waals surface area contributed by atoms with E-state index < -0.39 is 9.84 Å². The largest absolute Gasteiger partial charge is 0.379 e. The number of sulfone groups is 1. The number of hydrogen-bond donors (Lipinski definition) is 2. The predicted octanol–water partition coefficient (Wildman–Crippen LogP) is -0.608. The number of nitrogens with zero attached hydrogens (tertiary/aromatic N) is 1. The summed E-state index contributed by atoms with van der Waals surface area (Å²) in [5, 5.41) is 6.29. The third kappa shape index (κ3) is 8.34. The van der Waals surface area contributed by atoms with Gasteiger partial charge in [0.1, 0.15) is 9.84 Å². The van der Waals surface area contributed by atoms with Gasteiger partial charge >= 0.3 is 0 Å². The van der Waals surface area contributed by atoms with Gasteiger partial charge in [0.2, 0.25) is 0 Å². The molecule has 1 rings (SSSR count). The van der Waals surface area contributed by atoms with Crippen LogP contribution < -0.4 is 10.6 Å². The molecule has 1 saturated heterocycles. The van der Waals surface area contributed by atoms with Gasteiger partial charge in [-0.2, -0.15) is 0 Å². The summed E-state index contributed by atoms with van der Waals surface area (Å²) in [5.74, 6) is 0.756. The van der Waals surface area contributed by atoms with Crippen LogP contribution in [0, 0.1) is 0 Å². The summed E-state index contributed by atoms with van der Waals surface area (Å²) in [4.78, 5) is 4.09. The molecule has 0 saturated carbocycles. The molecule has 0 aromatic heterocycles. The highest BCUT2D eigenvalue weighted by Crippen LogP contribution is 2.10. The molecule has 0 radical (unpaired) electrons. The first-order valence-corrected chi connectivity index (χ1v) is 8.89. The van der Waals surface area contributed by atoms with E-state index in [-0.39, 0.29) is 18.5 Å². The highest BCUT2D eigenvalue weighted by atomic mass is 32.2. The molecule has 0 spiro atoms. The van der Waals surface area contributed by atoms with E-state index in [4.69, 9.17) is 9.47 Å². The van der Waals surface area contributed by atoms with Crippen molar-refractivity contribution in [1.82, 2.24) is 10.6 Å². The van der Waals surface area contributed by atoms with Gasteiger partial charge in [0.25, 0.3) is 0 Å². The van der Waals surface area contributed by atoms with Crippen molar-refractivity contribution in [3.05, 3.63) is 0 Å². The zero-order chi connectivity index (χ0) is 14.8. The summed E-state index contributed by atoms with van der Waals surface area (Å²) in [7, 11) is -1.24. The molecule has 8 heteroatoms. The average molecular weight is 307 g/mol. The number of aliphatic imine (C=N–C) groups is 1. The molecule has 1 aliphatic rings. The summed E-state index contributed by atoms with van der Waals surface area (Å²) in [6, 6.07) is 0. The maximum Gasteiger partial charge on any atom is 0.191 e. The van der Waals surface area contributed by atoms with Crippen molar-refractivity contribution in [2.45, 2.75) is 18.9 Å². The maximum absolute atomic E-state index is 10.9. The van der Waals surface area contributed by atoms with E-state index >= 15 is 0 Å². The van der Waals surface area contributed by atoms with E-state index in [0.29, 0.717) is 19.1 Å². The molecule has 7 nitrogen and oxygen atoms in total. The van der Waals surface area contributed by atoms with Crippen LogP contribution in [0.1, 0.15) is 12.8 Å². The van der Waals surface area contributed by atoms with Gasteiger partial charge in [0.05, 0.1) is 25.1 Å². The molecule has 0 aromatic rings. The van der Waals surface area contributed by atoms with Crippen LogP contribution in [0.5, 0.6) is 0 Å². The minimum absolute atomic E-state index is 0.0546. The molecule has 0 aliphatic carbocycles. The third-order valence-electron chi connectivity index (χ3n) is 2.88. The molecular weight excluding hydrogens is 282 g/mol. The zero-order valence-electron chi connectivity index (χ0n) is 12.2. The summed E-state index contributed by atoms with van der Waals surface area (Å²) in [5.41, 5.74) is 0. The van der Waals surface area contributed by atoms with Crippen LogP contribution in [-0.2, 0) is 19.3 Å². The lowest BCUT2D eigenvalue weighted by Gasteiger charge is -2.15. The summed E-state index contributed by atoms with van der Waals surface area (Å²) >= 11 is 0. The van der Waals surface area contributed by atoms with Crippen LogP contribution in [0.15, 0.2) is 4.99 Å². The molecule has 1 unspecified atom stereocenters.